The van der Waals surface area contributed by atoms with Gasteiger partial charge < -0.3 is 14.4 Å². The summed E-state index contributed by atoms with van der Waals surface area (Å²) < 4.78 is 11.6. The third kappa shape index (κ3) is 4.49. The molecule has 2 heterocycles. The summed E-state index contributed by atoms with van der Waals surface area (Å²) in [7, 11) is 1.68. The topological polar surface area (TPSA) is 24.9 Å². The van der Waals surface area contributed by atoms with E-state index in [1.807, 2.05) is 36.4 Å². The highest BCUT2D eigenvalue weighted by Gasteiger charge is 2.36. The van der Waals surface area contributed by atoms with Gasteiger partial charge in [0.25, 0.3) is 0 Å². The van der Waals surface area contributed by atoms with Crippen molar-refractivity contribution in [2.45, 2.75) is 45.2 Å². The normalized spacial score (nSPS) is 20.6. The molecule has 0 amide bonds. The highest BCUT2D eigenvalue weighted by Crippen LogP contribution is 2.41. The largest absolute Gasteiger partial charge is 0.495 e. The van der Waals surface area contributed by atoms with E-state index in [2.05, 4.69) is 47.9 Å². The van der Waals surface area contributed by atoms with Gasteiger partial charge in [-0.3, -0.25) is 4.90 Å². The van der Waals surface area contributed by atoms with Crippen LogP contribution in [0.15, 0.2) is 60.7 Å². The molecule has 2 fully saturated rings. The monoisotopic (exact) mass is 476 g/mol. The Balaban J connectivity index is 1.34. The number of hydrogen-bond acceptors (Lipinski definition) is 4. The molecule has 3 aromatic carbocycles. The maximum atomic E-state index is 6.26. The molecule has 0 spiro atoms. The summed E-state index contributed by atoms with van der Waals surface area (Å²) in [6.07, 6.45) is 3.71. The van der Waals surface area contributed by atoms with E-state index in [-0.39, 0.29) is 0 Å². The van der Waals surface area contributed by atoms with Crippen molar-refractivity contribution in [3.63, 3.8) is 0 Å². The molecule has 2 aliphatic rings. The van der Waals surface area contributed by atoms with Gasteiger partial charge in [0, 0.05) is 43.5 Å². The number of benzene rings is 3. The second-order valence-corrected chi connectivity index (χ2v) is 9.83. The first-order chi connectivity index (χ1) is 16.5. The fraction of sp³-hybridized carbons (Fsp3) is 0.379. The highest BCUT2D eigenvalue weighted by atomic mass is 35.5. The smallest absolute Gasteiger partial charge is 0.139 e. The highest BCUT2D eigenvalue weighted by molar-refractivity contribution is 6.32. The van der Waals surface area contributed by atoms with Crippen LogP contribution in [0.2, 0.25) is 5.02 Å². The van der Waals surface area contributed by atoms with E-state index < -0.39 is 0 Å². The molecule has 5 rings (SSSR count). The van der Waals surface area contributed by atoms with Gasteiger partial charge in [0.15, 0.2) is 0 Å². The average molecular weight is 477 g/mol. The second-order valence-electron chi connectivity index (χ2n) is 9.42. The molecule has 2 aliphatic heterocycles. The Kier molecular flexibility index (Phi) is 6.71. The standard InChI is InChI=1S/C29H33ClN2O2/c1-20-21(2)28(34-24-9-5-4-6-10-24)15-13-25(20)27-11-7-8-23-19-31(16-17-32(23)27)22-12-14-26(30)29(18-22)33-3/h4-6,9-10,12-15,18,23,27H,7-8,11,16-17,19H2,1-3H3/t23-,27+/m0/s1. The minimum absolute atomic E-state index is 0.463. The number of piperidine rings is 1. The van der Waals surface area contributed by atoms with Crippen molar-refractivity contribution in [3.05, 3.63) is 82.4 Å². The van der Waals surface area contributed by atoms with Crippen LogP contribution in [-0.2, 0) is 0 Å². The summed E-state index contributed by atoms with van der Waals surface area (Å²) in [5, 5.41) is 0.660. The number of nitrogens with zero attached hydrogens (tertiary/aromatic N) is 2. The number of fused-ring (bicyclic) bond motifs is 1. The van der Waals surface area contributed by atoms with Crippen molar-refractivity contribution in [1.82, 2.24) is 4.90 Å². The molecule has 0 unspecified atom stereocenters. The lowest BCUT2D eigenvalue weighted by molar-refractivity contribution is 0.0712. The average Bonchev–Trinajstić information content (AvgIpc) is 2.87. The van der Waals surface area contributed by atoms with E-state index in [1.54, 1.807) is 7.11 Å². The van der Waals surface area contributed by atoms with E-state index >= 15 is 0 Å². The SMILES string of the molecule is COc1cc(N2CCN3[C@@H](CCC[C@@H]3c3ccc(Oc4ccccc4)c(C)c3C)C2)ccc1Cl. The van der Waals surface area contributed by atoms with Crippen molar-refractivity contribution >= 4 is 17.3 Å². The molecule has 0 saturated carbocycles. The number of rotatable bonds is 5. The molecule has 2 atom stereocenters. The van der Waals surface area contributed by atoms with Crippen LogP contribution in [0.1, 0.15) is 42.0 Å². The van der Waals surface area contributed by atoms with Crippen LogP contribution >= 0.6 is 11.6 Å². The van der Waals surface area contributed by atoms with Gasteiger partial charge in [-0.1, -0.05) is 35.9 Å². The molecule has 3 aromatic rings. The third-order valence-corrected chi connectivity index (χ3v) is 7.86. The fourth-order valence-corrected chi connectivity index (χ4v) is 5.76. The van der Waals surface area contributed by atoms with Crippen molar-refractivity contribution in [2.24, 2.45) is 0 Å². The first kappa shape index (κ1) is 23.1. The minimum Gasteiger partial charge on any atom is -0.495 e. The van der Waals surface area contributed by atoms with E-state index in [0.29, 0.717) is 17.1 Å². The summed E-state index contributed by atoms with van der Waals surface area (Å²) in [5.41, 5.74) is 5.22. The Bertz CT molecular complexity index is 1150. The molecule has 2 saturated heterocycles. The maximum Gasteiger partial charge on any atom is 0.139 e. The predicted octanol–water partition coefficient (Wildman–Crippen LogP) is 7.17. The first-order valence-electron chi connectivity index (χ1n) is 12.2. The minimum atomic E-state index is 0.463. The molecule has 0 N–H and O–H groups in total. The zero-order chi connectivity index (χ0) is 23.7. The molecule has 0 aliphatic carbocycles. The molecular formula is C29H33ClN2O2. The number of piperazine rings is 1. The summed E-state index contributed by atoms with van der Waals surface area (Å²) >= 11 is 6.26. The maximum absolute atomic E-state index is 6.26. The Labute approximate surface area is 208 Å². The van der Waals surface area contributed by atoms with Gasteiger partial charge in [0.05, 0.1) is 12.1 Å². The zero-order valence-electron chi connectivity index (χ0n) is 20.3. The molecule has 178 valence electrons. The molecule has 0 radical (unpaired) electrons. The predicted molar refractivity (Wildman–Crippen MR) is 140 cm³/mol. The van der Waals surface area contributed by atoms with Crippen LogP contribution in [0.25, 0.3) is 0 Å². The van der Waals surface area contributed by atoms with Gasteiger partial charge >= 0.3 is 0 Å². The van der Waals surface area contributed by atoms with E-state index in [4.69, 9.17) is 21.1 Å². The number of hydrogen-bond donors (Lipinski definition) is 0. The summed E-state index contributed by atoms with van der Waals surface area (Å²) in [6.45, 7) is 7.53. The lowest BCUT2D eigenvalue weighted by Crippen LogP contribution is -2.56. The molecule has 0 aromatic heterocycles. The van der Waals surface area contributed by atoms with Gasteiger partial charge in [0.2, 0.25) is 0 Å². The first-order valence-corrected chi connectivity index (χ1v) is 12.6. The summed E-state index contributed by atoms with van der Waals surface area (Å²) in [5.74, 6) is 2.57. The summed E-state index contributed by atoms with van der Waals surface area (Å²) in [6, 6.07) is 21.6. The Morgan fingerprint density at radius 2 is 1.71 bits per heavy atom. The van der Waals surface area contributed by atoms with Crippen molar-refractivity contribution < 1.29 is 9.47 Å². The number of halogens is 1. The zero-order valence-corrected chi connectivity index (χ0v) is 21.0. The van der Waals surface area contributed by atoms with E-state index in [9.17, 15) is 0 Å². The molecule has 4 nitrogen and oxygen atoms in total. The lowest BCUT2D eigenvalue weighted by atomic mass is 9.86. The third-order valence-electron chi connectivity index (χ3n) is 7.55. The lowest BCUT2D eigenvalue weighted by Gasteiger charge is -2.49. The number of ether oxygens (including phenoxy) is 2. The van der Waals surface area contributed by atoms with Crippen LogP contribution in [0.3, 0.4) is 0 Å². The quantitative estimate of drug-likeness (QED) is 0.389. The number of methoxy groups -OCH3 is 1. The fourth-order valence-electron chi connectivity index (χ4n) is 5.57. The van der Waals surface area contributed by atoms with Gasteiger partial charge in [-0.2, -0.15) is 0 Å². The molecule has 5 heteroatoms. The van der Waals surface area contributed by atoms with Crippen LogP contribution < -0.4 is 14.4 Å². The van der Waals surface area contributed by atoms with Crippen LogP contribution in [0, 0.1) is 13.8 Å². The van der Waals surface area contributed by atoms with Gasteiger partial charge in [-0.05, 0) is 80.1 Å². The Morgan fingerprint density at radius 3 is 2.50 bits per heavy atom. The number of para-hydroxylation sites is 1. The Morgan fingerprint density at radius 1 is 0.882 bits per heavy atom. The van der Waals surface area contributed by atoms with Crippen LogP contribution in [0.4, 0.5) is 5.69 Å². The number of anilines is 1. The molecule has 34 heavy (non-hydrogen) atoms. The van der Waals surface area contributed by atoms with Crippen LogP contribution in [0.5, 0.6) is 17.2 Å². The van der Waals surface area contributed by atoms with Crippen molar-refractivity contribution in [2.75, 3.05) is 31.6 Å². The second kappa shape index (κ2) is 9.89. The van der Waals surface area contributed by atoms with Gasteiger partial charge in [-0.25, -0.2) is 0 Å². The van der Waals surface area contributed by atoms with Crippen LogP contribution in [-0.4, -0.2) is 37.7 Å². The van der Waals surface area contributed by atoms with Crippen molar-refractivity contribution in [3.8, 4) is 17.2 Å². The van der Waals surface area contributed by atoms with Crippen molar-refractivity contribution in [1.29, 1.82) is 0 Å². The van der Waals surface area contributed by atoms with Gasteiger partial charge in [0.1, 0.15) is 17.2 Å². The molecule has 0 bridgehead atoms. The van der Waals surface area contributed by atoms with Gasteiger partial charge in [-0.15, -0.1) is 0 Å². The summed E-state index contributed by atoms with van der Waals surface area (Å²) in [4.78, 5) is 5.23. The van der Waals surface area contributed by atoms with E-state index in [0.717, 1.165) is 36.9 Å². The molecular weight excluding hydrogens is 444 g/mol. The Hall–Kier alpha value is -2.69. The van der Waals surface area contributed by atoms with E-state index in [1.165, 1.54) is 41.6 Å².